The number of rotatable bonds is 5. The van der Waals surface area contributed by atoms with Gasteiger partial charge in [0.15, 0.2) is 0 Å². The summed E-state index contributed by atoms with van der Waals surface area (Å²) in [5.41, 5.74) is 2.05. The molecule has 0 saturated carbocycles. The smallest absolute Gasteiger partial charge is 0.224 e. The molecule has 1 amide bonds. The van der Waals surface area contributed by atoms with E-state index in [1.54, 1.807) is 0 Å². The van der Waals surface area contributed by atoms with Crippen LogP contribution >= 0.6 is 0 Å². The van der Waals surface area contributed by atoms with Crippen molar-refractivity contribution in [3.8, 4) is 0 Å². The van der Waals surface area contributed by atoms with Gasteiger partial charge in [0.25, 0.3) is 0 Å². The number of carbonyl (C=O) groups is 1. The first kappa shape index (κ1) is 11.7. The van der Waals surface area contributed by atoms with E-state index in [1.807, 2.05) is 30.5 Å². The van der Waals surface area contributed by atoms with Crippen molar-refractivity contribution in [2.45, 2.75) is 12.8 Å². The summed E-state index contributed by atoms with van der Waals surface area (Å²) in [4.78, 5) is 14.8. The fourth-order valence-corrected chi connectivity index (χ4v) is 1.82. The molecule has 0 aliphatic heterocycles. The van der Waals surface area contributed by atoms with Gasteiger partial charge < -0.3 is 15.4 Å². The van der Waals surface area contributed by atoms with Crippen LogP contribution in [0.5, 0.6) is 0 Å². The van der Waals surface area contributed by atoms with E-state index in [0.29, 0.717) is 19.4 Å². The molecule has 0 bridgehead atoms. The lowest BCUT2D eigenvalue weighted by Crippen LogP contribution is -2.26. The first-order valence-electron chi connectivity index (χ1n) is 5.74. The van der Waals surface area contributed by atoms with Gasteiger partial charge in [-0.2, -0.15) is 0 Å². The SMILES string of the molecule is O=C(Cc1c[nH]c2ccccc12)NCCCO. The van der Waals surface area contributed by atoms with Gasteiger partial charge in [0.2, 0.25) is 5.91 Å². The molecular formula is C13H16N2O2. The summed E-state index contributed by atoms with van der Waals surface area (Å²) >= 11 is 0. The molecule has 1 aromatic heterocycles. The average Bonchev–Trinajstić information content (AvgIpc) is 2.73. The third-order valence-electron chi connectivity index (χ3n) is 2.68. The van der Waals surface area contributed by atoms with Gasteiger partial charge in [-0.3, -0.25) is 4.79 Å². The number of benzene rings is 1. The lowest BCUT2D eigenvalue weighted by atomic mass is 10.1. The van der Waals surface area contributed by atoms with Crippen LogP contribution in [-0.2, 0) is 11.2 Å². The van der Waals surface area contributed by atoms with Crippen LogP contribution in [0.15, 0.2) is 30.5 Å². The first-order chi connectivity index (χ1) is 8.31. The minimum absolute atomic E-state index is 0.0109. The quantitative estimate of drug-likeness (QED) is 0.678. The van der Waals surface area contributed by atoms with E-state index in [1.165, 1.54) is 0 Å². The van der Waals surface area contributed by atoms with Crippen LogP contribution in [0.1, 0.15) is 12.0 Å². The number of amides is 1. The molecule has 17 heavy (non-hydrogen) atoms. The summed E-state index contributed by atoms with van der Waals surface area (Å²) in [6, 6.07) is 7.91. The summed E-state index contributed by atoms with van der Waals surface area (Å²) in [6.07, 6.45) is 2.84. The molecule has 2 aromatic rings. The standard InChI is InChI=1S/C13H16N2O2/c16-7-3-6-14-13(17)8-10-9-15-12-5-2-1-4-11(10)12/h1-2,4-5,9,15-16H,3,6-8H2,(H,14,17). The van der Waals surface area contributed by atoms with Crippen molar-refractivity contribution in [1.82, 2.24) is 10.3 Å². The summed E-state index contributed by atoms with van der Waals surface area (Å²) in [6.45, 7) is 0.630. The van der Waals surface area contributed by atoms with Crippen LogP contribution in [0.4, 0.5) is 0 Å². The number of nitrogens with one attached hydrogen (secondary N) is 2. The molecule has 0 fully saturated rings. The van der Waals surface area contributed by atoms with E-state index >= 15 is 0 Å². The molecular weight excluding hydrogens is 216 g/mol. The number of fused-ring (bicyclic) bond motifs is 1. The fourth-order valence-electron chi connectivity index (χ4n) is 1.82. The molecule has 2 rings (SSSR count). The Morgan fingerprint density at radius 1 is 1.35 bits per heavy atom. The summed E-state index contributed by atoms with van der Waals surface area (Å²) in [5.74, 6) is -0.0109. The number of aromatic amines is 1. The van der Waals surface area contributed by atoms with Crippen molar-refractivity contribution < 1.29 is 9.90 Å². The minimum atomic E-state index is -0.0109. The highest BCUT2D eigenvalue weighted by molar-refractivity contribution is 5.88. The second kappa shape index (κ2) is 5.50. The minimum Gasteiger partial charge on any atom is -0.396 e. The topological polar surface area (TPSA) is 65.1 Å². The van der Waals surface area contributed by atoms with Gasteiger partial charge in [-0.15, -0.1) is 0 Å². The fraction of sp³-hybridized carbons (Fsp3) is 0.308. The third-order valence-corrected chi connectivity index (χ3v) is 2.68. The largest absolute Gasteiger partial charge is 0.396 e. The van der Waals surface area contributed by atoms with Crippen LogP contribution in [0, 0.1) is 0 Å². The highest BCUT2D eigenvalue weighted by atomic mass is 16.3. The van der Waals surface area contributed by atoms with Gasteiger partial charge in [0.1, 0.15) is 0 Å². The Bertz CT molecular complexity index is 505. The van der Waals surface area contributed by atoms with E-state index in [0.717, 1.165) is 16.5 Å². The van der Waals surface area contributed by atoms with E-state index < -0.39 is 0 Å². The summed E-state index contributed by atoms with van der Waals surface area (Å²) < 4.78 is 0. The number of H-pyrrole nitrogens is 1. The normalized spacial score (nSPS) is 10.6. The number of hydrogen-bond donors (Lipinski definition) is 3. The Labute approximate surface area is 99.7 Å². The Hall–Kier alpha value is -1.81. The van der Waals surface area contributed by atoms with Gasteiger partial charge in [0.05, 0.1) is 6.42 Å². The zero-order valence-electron chi connectivity index (χ0n) is 9.57. The maximum absolute atomic E-state index is 11.6. The lowest BCUT2D eigenvalue weighted by Gasteiger charge is -2.03. The van der Waals surface area contributed by atoms with Crippen LogP contribution in [0.25, 0.3) is 10.9 Å². The second-order valence-electron chi connectivity index (χ2n) is 3.96. The first-order valence-corrected chi connectivity index (χ1v) is 5.74. The third kappa shape index (κ3) is 2.85. The molecule has 0 unspecified atom stereocenters. The molecule has 4 nitrogen and oxygen atoms in total. The number of aromatic nitrogens is 1. The predicted molar refractivity (Wildman–Crippen MR) is 66.7 cm³/mol. The van der Waals surface area contributed by atoms with Crippen LogP contribution in [-0.4, -0.2) is 29.1 Å². The lowest BCUT2D eigenvalue weighted by molar-refractivity contribution is -0.120. The number of hydrogen-bond acceptors (Lipinski definition) is 2. The van der Waals surface area contributed by atoms with Crippen molar-refractivity contribution in [1.29, 1.82) is 0 Å². The molecule has 0 atom stereocenters. The molecule has 0 spiro atoms. The Kier molecular flexibility index (Phi) is 3.77. The molecule has 1 heterocycles. The van der Waals surface area contributed by atoms with Gasteiger partial charge in [0, 0.05) is 30.3 Å². The number of carbonyl (C=O) groups excluding carboxylic acids is 1. The van der Waals surface area contributed by atoms with Crippen molar-refractivity contribution in [2.24, 2.45) is 0 Å². The molecule has 0 aliphatic carbocycles. The zero-order chi connectivity index (χ0) is 12.1. The summed E-state index contributed by atoms with van der Waals surface area (Å²) in [7, 11) is 0. The molecule has 4 heteroatoms. The maximum atomic E-state index is 11.6. The van der Waals surface area contributed by atoms with Crippen LogP contribution < -0.4 is 5.32 Å². The number of aliphatic hydroxyl groups is 1. The van der Waals surface area contributed by atoms with E-state index in [9.17, 15) is 4.79 Å². The van der Waals surface area contributed by atoms with Gasteiger partial charge in [-0.25, -0.2) is 0 Å². The summed E-state index contributed by atoms with van der Waals surface area (Å²) in [5, 5.41) is 12.5. The highest BCUT2D eigenvalue weighted by Gasteiger charge is 2.07. The van der Waals surface area contributed by atoms with Crippen LogP contribution in [0.2, 0.25) is 0 Å². The predicted octanol–water partition coefficient (Wildman–Crippen LogP) is 1.21. The van der Waals surface area contributed by atoms with Crippen LogP contribution in [0.3, 0.4) is 0 Å². The maximum Gasteiger partial charge on any atom is 0.224 e. The molecule has 0 saturated heterocycles. The molecule has 1 aromatic carbocycles. The number of aliphatic hydroxyl groups excluding tert-OH is 1. The molecule has 0 aliphatic rings. The Morgan fingerprint density at radius 3 is 3.00 bits per heavy atom. The van der Waals surface area contributed by atoms with E-state index in [4.69, 9.17) is 5.11 Å². The van der Waals surface area contributed by atoms with E-state index in [2.05, 4.69) is 10.3 Å². The van der Waals surface area contributed by atoms with Crippen molar-refractivity contribution in [3.63, 3.8) is 0 Å². The number of para-hydroxylation sites is 1. The second-order valence-corrected chi connectivity index (χ2v) is 3.96. The molecule has 3 N–H and O–H groups in total. The van der Waals surface area contributed by atoms with Gasteiger partial charge >= 0.3 is 0 Å². The molecule has 90 valence electrons. The average molecular weight is 232 g/mol. The zero-order valence-corrected chi connectivity index (χ0v) is 9.57. The monoisotopic (exact) mass is 232 g/mol. The highest BCUT2D eigenvalue weighted by Crippen LogP contribution is 2.17. The Morgan fingerprint density at radius 2 is 2.18 bits per heavy atom. The van der Waals surface area contributed by atoms with Crippen molar-refractivity contribution in [3.05, 3.63) is 36.0 Å². The Balaban J connectivity index is 2.01. The van der Waals surface area contributed by atoms with Gasteiger partial charge in [-0.1, -0.05) is 18.2 Å². The van der Waals surface area contributed by atoms with Gasteiger partial charge in [-0.05, 0) is 18.1 Å². The van der Waals surface area contributed by atoms with Crippen molar-refractivity contribution in [2.75, 3.05) is 13.2 Å². The van der Waals surface area contributed by atoms with Crippen molar-refractivity contribution >= 4 is 16.8 Å². The molecule has 0 radical (unpaired) electrons. The van der Waals surface area contributed by atoms with E-state index in [-0.39, 0.29) is 12.5 Å².